The maximum atomic E-state index is 5.21. The van der Waals surface area contributed by atoms with Crippen molar-refractivity contribution in [1.29, 1.82) is 0 Å². The molecule has 0 aromatic heterocycles. The highest BCUT2D eigenvalue weighted by Gasteiger charge is 2.04. The molecule has 0 fully saturated rings. The molecule has 0 aliphatic rings. The SMILES string of the molecule is COCc1cc2ccccc2cc1COC. The Morgan fingerprint density at radius 2 is 1.25 bits per heavy atom. The van der Waals surface area contributed by atoms with Gasteiger partial charge in [0.25, 0.3) is 0 Å². The third kappa shape index (κ3) is 2.23. The van der Waals surface area contributed by atoms with Crippen LogP contribution >= 0.6 is 0 Å². The molecule has 2 aromatic carbocycles. The summed E-state index contributed by atoms with van der Waals surface area (Å²) in [6.07, 6.45) is 0. The highest BCUT2D eigenvalue weighted by molar-refractivity contribution is 5.84. The monoisotopic (exact) mass is 216 g/mol. The maximum Gasteiger partial charge on any atom is 0.0716 e. The highest BCUT2D eigenvalue weighted by atomic mass is 16.5. The van der Waals surface area contributed by atoms with Gasteiger partial charge in [-0.25, -0.2) is 0 Å². The zero-order chi connectivity index (χ0) is 11.4. The van der Waals surface area contributed by atoms with Gasteiger partial charge in [-0.05, 0) is 34.0 Å². The third-order valence-electron chi connectivity index (χ3n) is 2.67. The van der Waals surface area contributed by atoms with Gasteiger partial charge in [0.1, 0.15) is 0 Å². The van der Waals surface area contributed by atoms with Crippen molar-refractivity contribution in [3.05, 3.63) is 47.5 Å². The smallest absolute Gasteiger partial charge is 0.0716 e. The van der Waals surface area contributed by atoms with Crippen LogP contribution in [0.2, 0.25) is 0 Å². The van der Waals surface area contributed by atoms with Gasteiger partial charge in [-0.2, -0.15) is 0 Å². The molecule has 0 spiro atoms. The molecule has 0 saturated heterocycles. The van der Waals surface area contributed by atoms with E-state index >= 15 is 0 Å². The minimum absolute atomic E-state index is 0.628. The van der Waals surface area contributed by atoms with E-state index in [0.717, 1.165) is 0 Å². The van der Waals surface area contributed by atoms with Gasteiger partial charge in [-0.1, -0.05) is 24.3 Å². The quantitative estimate of drug-likeness (QED) is 0.781. The van der Waals surface area contributed by atoms with Crippen LogP contribution in [0.15, 0.2) is 36.4 Å². The summed E-state index contributed by atoms with van der Waals surface area (Å²) in [7, 11) is 3.43. The zero-order valence-corrected chi connectivity index (χ0v) is 9.69. The van der Waals surface area contributed by atoms with Crippen molar-refractivity contribution in [3.63, 3.8) is 0 Å². The third-order valence-corrected chi connectivity index (χ3v) is 2.67. The predicted octanol–water partition coefficient (Wildman–Crippen LogP) is 3.13. The summed E-state index contributed by atoms with van der Waals surface area (Å²) >= 11 is 0. The van der Waals surface area contributed by atoms with E-state index < -0.39 is 0 Å². The lowest BCUT2D eigenvalue weighted by molar-refractivity contribution is 0.168. The number of hydrogen-bond donors (Lipinski definition) is 0. The van der Waals surface area contributed by atoms with Gasteiger partial charge in [0.15, 0.2) is 0 Å². The average Bonchev–Trinajstić information content (AvgIpc) is 2.30. The molecule has 0 N–H and O–H groups in total. The Bertz CT molecular complexity index is 433. The fourth-order valence-electron chi connectivity index (χ4n) is 1.91. The van der Waals surface area contributed by atoms with E-state index in [1.54, 1.807) is 14.2 Å². The van der Waals surface area contributed by atoms with Crippen LogP contribution in [-0.2, 0) is 22.7 Å². The Morgan fingerprint density at radius 3 is 1.62 bits per heavy atom. The molecule has 0 amide bonds. The van der Waals surface area contributed by atoms with E-state index in [1.807, 2.05) is 0 Å². The van der Waals surface area contributed by atoms with Crippen LogP contribution in [0.3, 0.4) is 0 Å². The van der Waals surface area contributed by atoms with Crippen molar-refractivity contribution in [2.75, 3.05) is 14.2 Å². The van der Waals surface area contributed by atoms with E-state index in [2.05, 4.69) is 36.4 Å². The minimum atomic E-state index is 0.628. The van der Waals surface area contributed by atoms with Crippen LogP contribution < -0.4 is 0 Å². The summed E-state index contributed by atoms with van der Waals surface area (Å²) in [6, 6.07) is 12.7. The Hall–Kier alpha value is -1.38. The zero-order valence-electron chi connectivity index (χ0n) is 9.69. The van der Waals surface area contributed by atoms with Gasteiger partial charge >= 0.3 is 0 Å². The van der Waals surface area contributed by atoms with Crippen LogP contribution in [0.25, 0.3) is 10.8 Å². The molecule has 0 saturated carbocycles. The van der Waals surface area contributed by atoms with Gasteiger partial charge in [0, 0.05) is 14.2 Å². The first-order valence-corrected chi connectivity index (χ1v) is 5.33. The number of methoxy groups -OCH3 is 2. The summed E-state index contributed by atoms with van der Waals surface area (Å²) in [5.41, 5.74) is 2.39. The predicted molar refractivity (Wildman–Crippen MR) is 65.4 cm³/mol. The largest absolute Gasteiger partial charge is 0.380 e. The standard InChI is InChI=1S/C14H16O2/c1-15-9-13-7-11-5-3-4-6-12(11)8-14(13)10-16-2/h3-8H,9-10H2,1-2H3. The Kier molecular flexibility index (Phi) is 3.54. The highest BCUT2D eigenvalue weighted by Crippen LogP contribution is 2.21. The molecule has 2 nitrogen and oxygen atoms in total. The summed E-state index contributed by atoms with van der Waals surface area (Å²) in [4.78, 5) is 0. The van der Waals surface area contributed by atoms with Crippen molar-refractivity contribution in [1.82, 2.24) is 0 Å². The van der Waals surface area contributed by atoms with E-state index in [9.17, 15) is 0 Å². The summed E-state index contributed by atoms with van der Waals surface area (Å²) < 4.78 is 10.4. The molecule has 2 rings (SSSR count). The van der Waals surface area contributed by atoms with Gasteiger partial charge < -0.3 is 9.47 Å². The molecule has 0 aliphatic heterocycles. The number of benzene rings is 2. The number of hydrogen-bond acceptors (Lipinski definition) is 2. The molecule has 0 heterocycles. The topological polar surface area (TPSA) is 18.5 Å². The first-order chi connectivity index (χ1) is 7.85. The fraction of sp³-hybridized carbons (Fsp3) is 0.286. The molecule has 84 valence electrons. The molecule has 0 aliphatic carbocycles. The molecular formula is C14H16O2. The van der Waals surface area contributed by atoms with E-state index in [4.69, 9.17) is 9.47 Å². The summed E-state index contributed by atoms with van der Waals surface area (Å²) in [6.45, 7) is 1.26. The van der Waals surface area contributed by atoms with Gasteiger partial charge in [0.05, 0.1) is 13.2 Å². The van der Waals surface area contributed by atoms with Crippen molar-refractivity contribution in [2.45, 2.75) is 13.2 Å². The maximum absolute atomic E-state index is 5.21. The molecule has 16 heavy (non-hydrogen) atoms. The van der Waals surface area contributed by atoms with Crippen molar-refractivity contribution < 1.29 is 9.47 Å². The van der Waals surface area contributed by atoms with E-state index in [-0.39, 0.29) is 0 Å². The second-order valence-corrected chi connectivity index (χ2v) is 3.83. The van der Waals surface area contributed by atoms with Crippen LogP contribution in [0.1, 0.15) is 11.1 Å². The van der Waals surface area contributed by atoms with Crippen LogP contribution in [0.5, 0.6) is 0 Å². The van der Waals surface area contributed by atoms with Crippen molar-refractivity contribution in [2.24, 2.45) is 0 Å². The van der Waals surface area contributed by atoms with Crippen LogP contribution in [0.4, 0.5) is 0 Å². The summed E-state index contributed by atoms with van der Waals surface area (Å²) in [5.74, 6) is 0. The second kappa shape index (κ2) is 5.10. The summed E-state index contributed by atoms with van der Waals surface area (Å²) in [5, 5.41) is 2.49. The van der Waals surface area contributed by atoms with Crippen LogP contribution in [-0.4, -0.2) is 14.2 Å². The van der Waals surface area contributed by atoms with Gasteiger partial charge in [-0.15, -0.1) is 0 Å². The molecule has 0 atom stereocenters. The molecular weight excluding hydrogens is 200 g/mol. The first-order valence-electron chi connectivity index (χ1n) is 5.33. The van der Waals surface area contributed by atoms with E-state index in [1.165, 1.54) is 21.9 Å². The van der Waals surface area contributed by atoms with Crippen molar-refractivity contribution in [3.8, 4) is 0 Å². The first kappa shape index (κ1) is 11.1. The van der Waals surface area contributed by atoms with Gasteiger partial charge in [-0.3, -0.25) is 0 Å². The Morgan fingerprint density at radius 1 is 0.812 bits per heavy atom. The second-order valence-electron chi connectivity index (χ2n) is 3.83. The molecule has 0 bridgehead atoms. The number of rotatable bonds is 4. The minimum Gasteiger partial charge on any atom is -0.380 e. The molecule has 2 heteroatoms. The van der Waals surface area contributed by atoms with Crippen molar-refractivity contribution >= 4 is 10.8 Å². The fourth-order valence-corrected chi connectivity index (χ4v) is 1.91. The lowest BCUT2D eigenvalue weighted by atomic mass is 10.0. The average molecular weight is 216 g/mol. The molecule has 0 radical (unpaired) electrons. The Labute approximate surface area is 95.8 Å². The number of ether oxygens (including phenoxy) is 2. The lowest BCUT2D eigenvalue weighted by Gasteiger charge is -2.10. The lowest BCUT2D eigenvalue weighted by Crippen LogP contribution is -1.97. The van der Waals surface area contributed by atoms with Crippen LogP contribution in [0, 0.1) is 0 Å². The van der Waals surface area contributed by atoms with Gasteiger partial charge in [0.2, 0.25) is 0 Å². The molecule has 2 aromatic rings. The normalized spacial score (nSPS) is 10.9. The number of fused-ring (bicyclic) bond motifs is 1. The van der Waals surface area contributed by atoms with E-state index in [0.29, 0.717) is 13.2 Å². The molecule has 0 unspecified atom stereocenters. The Balaban J connectivity index is 2.51.